The van der Waals surface area contributed by atoms with Gasteiger partial charge in [-0.1, -0.05) is 64.5 Å². The normalized spacial score (nSPS) is 11.3. The van der Waals surface area contributed by atoms with Crippen LogP contribution in [0, 0.1) is 0 Å². The number of benzene rings is 3. The fraction of sp³-hybridized carbons (Fsp3) is 0.129. The number of alkyl carbamates (subject to hydrolysis) is 1. The van der Waals surface area contributed by atoms with Crippen molar-refractivity contribution < 1.29 is 9.53 Å². The summed E-state index contributed by atoms with van der Waals surface area (Å²) in [5, 5.41) is 7.59. The van der Waals surface area contributed by atoms with Gasteiger partial charge < -0.3 is 14.6 Å². The number of ether oxygens (including phenoxy) is 1. The van der Waals surface area contributed by atoms with Gasteiger partial charge in [0.2, 0.25) is 0 Å². The Morgan fingerprint density at radius 2 is 1.70 bits per heavy atom. The average molecular weight is 614 g/mol. The number of aromatic nitrogens is 3. The van der Waals surface area contributed by atoms with Crippen molar-refractivity contribution in [2.75, 3.05) is 0 Å². The molecule has 9 heteroatoms. The lowest BCUT2D eigenvalue weighted by Gasteiger charge is -2.08. The minimum absolute atomic E-state index is 0.0418. The maximum absolute atomic E-state index is 13.3. The Bertz CT molecular complexity index is 1920. The van der Waals surface area contributed by atoms with E-state index >= 15 is 0 Å². The van der Waals surface area contributed by atoms with Crippen molar-refractivity contribution in [1.82, 2.24) is 19.4 Å². The largest absolute Gasteiger partial charge is 0.445 e. The first-order valence-electron chi connectivity index (χ1n) is 12.7. The average Bonchev–Trinajstić information content (AvgIpc) is 3.56. The third-order valence-electron chi connectivity index (χ3n) is 6.95. The highest BCUT2D eigenvalue weighted by atomic mass is 79.9. The molecule has 3 aromatic carbocycles. The molecule has 6 aromatic rings. The van der Waals surface area contributed by atoms with Gasteiger partial charge in [-0.05, 0) is 41.5 Å². The Hall–Kier alpha value is -4.21. The maximum Gasteiger partial charge on any atom is 0.407 e. The molecule has 0 saturated carbocycles. The number of hydrogen-bond acceptors (Lipinski definition) is 5. The summed E-state index contributed by atoms with van der Waals surface area (Å²) in [5.41, 5.74) is 6.10. The predicted octanol–water partition coefficient (Wildman–Crippen LogP) is 7.01. The van der Waals surface area contributed by atoms with Crippen LogP contribution in [0.3, 0.4) is 0 Å². The zero-order valence-corrected chi connectivity index (χ0v) is 24.3. The van der Waals surface area contributed by atoms with Gasteiger partial charge in [0, 0.05) is 45.8 Å². The monoisotopic (exact) mass is 612 g/mol. The molecule has 1 amide bonds. The predicted molar refractivity (Wildman–Crippen MR) is 163 cm³/mol. The van der Waals surface area contributed by atoms with Crippen molar-refractivity contribution in [2.24, 2.45) is 14.1 Å². The van der Waals surface area contributed by atoms with E-state index < -0.39 is 6.09 Å². The van der Waals surface area contributed by atoms with E-state index in [-0.39, 0.29) is 18.7 Å². The number of carbonyl (C=O) groups is 1. The van der Waals surface area contributed by atoms with Crippen molar-refractivity contribution in [3.8, 4) is 22.4 Å². The number of nitrogens with one attached hydrogen (secondary N) is 1. The number of carbonyl (C=O) groups excluding carboxylic acids is 1. The molecule has 0 aliphatic rings. The van der Waals surface area contributed by atoms with E-state index in [2.05, 4.69) is 37.9 Å². The zero-order valence-electron chi connectivity index (χ0n) is 21.8. The Kier molecular flexibility index (Phi) is 7.00. The number of nitrogens with zero attached hydrogens (tertiary/aromatic N) is 3. The standard InChI is InChI=1S/C31H25BrN4O3S/c1-35-27-13-10-21(26-18-40-28(34-26)16-33-31(38)39-17-19-6-4-3-5-7-19)14-24(27)25-15-23(30(37)36(2)29(25)35)20-8-11-22(32)12-9-20/h3-15,18H,16-17H2,1-2H3,(H,33,38). The Morgan fingerprint density at radius 1 is 0.950 bits per heavy atom. The third kappa shape index (κ3) is 4.94. The van der Waals surface area contributed by atoms with Crippen LogP contribution in [0.2, 0.25) is 0 Å². The summed E-state index contributed by atoms with van der Waals surface area (Å²) in [6, 6.07) is 25.6. The van der Waals surface area contributed by atoms with Crippen LogP contribution in [0.4, 0.5) is 4.79 Å². The Balaban J connectivity index is 1.27. The van der Waals surface area contributed by atoms with Gasteiger partial charge in [-0.2, -0.15) is 0 Å². The molecule has 0 radical (unpaired) electrons. The number of amides is 1. The molecule has 0 unspecified atom stereocenters. The van der Waals surface area contributed by atoms with Crippen molar-refractivity contribution in [2.45, 2.75) is 13.2 Å². The van der Waals surface area contributed by atoms with Crippen LogP contribution in [0.25, 0.3) is 44.3 Å². The van der Waals surface area contributed by atoms with Gasteiger partial charge in [0.1, 0.15) is 17.3 Å². The van der Waals surface area contributed by atoms with Crippen LogP contribution in [0.5, 0.6) is 0 Å². The summed E-state index contributed by atoms with van der Waals surface area (Å²) in [6.45, 7) is 0.503. The highest BCUT2D eigenvalue weighted by Gasteiger charge is 2.17. The van der Waals surface area contributed by atoms with Crippen molar-refractivity contribution >= 4 is 55.3 Å². The molecule has 0 spiro atoms. The molecule has 200 valence electrons. The maximum atomic E-state index is 13.3. The number of halogens is 1. The first-order chi connectivity index (χ1) is 19.4. The summed E-state index contributed by atoms with van der Waals surface area (Å²) in [7, 11) is 3.80. The lowest BCUT2D eigenvalue weighted by molar-refractivity contribution is 0.139. The molecule has 6 rings (SSSR count). The number of aryl methyl sites for hydroxylation is 2. The van der Waals surface area contributed by atoms with E-state index in [1.165, 1.54) is 11.3 Å². The fourth-order valence-corrected chi connectivity index (χ4v) is 5.94. The Morgan fingerprint density at radius 3 is 2.48 bits per heavy atom. The van der Waals surface area contributed by atoms with Crippen LogP contribution in [-0.4, -0.2) is 20.2 Å². The van der Waals surface area contributed by atoms with Gasteiger partial charge in [0.05, 0.1) is 17.8 Å². The van der Waals surface area contributed by atoms with Gasteiger partial charge in [-0.3, -0.25) is 9.36 Å². The second-order valence-electron chi connectivity index (χ2n) is 9.50. The molecule has 0 bridgehead atoms. The highest BCUT2D eigenvalue weighted by molar-refractivity contribution is 9.10. The van der Waals surface area contributed by atoms with Gasteiger partial charge >= 0.3 is 6.09 Å². The summed E-state index contributed by atoms with van der Waals surface area (Å²) >= 11 is 4.96. The van der Waals surface area contributed by atoms with Crippen LogP contribution in [0.1, 0.15) is 10.6 Å². The fourth-order valence-electron chi connectivity index (χ4n) is 4.93. The van der Waals surface area contributed by atoms with E-state index in [9.17, 15) is 9.59 Å². The SMILES string of the molecule is Cn1c(=O)c(-c2ccc(Br)cc2)cc2c3cc(-c4csc(CNC(=O)OCc5ccccc5)n4)ccc3n(C)c21. The summed E-state index contributed by atoms with van der Waals surface area (Å²) in [4.78, 5) is 30.2. The van der Waals surface area contributed by atoms with Crippen LogP contribution in [0.15, 0.2) is 93.5 Å². The first-order valence-corrected chi connectivity index (χ1v) is 14.3. The molecule has 3 heterocycles. The van der Waals surface area contributed by atoms with E-state index in [0.717, 1.165) is 53.8 Å². The minimum atomic E-state index is -0.482. The molecule has 0 aliphatic carbocycles. The number of hydrogen-bond donors (Lipinski definition) is 1. The van der Waals surface area contributed by atoms with Gasteiger partial charge in [0.25, 0.3) is 5.56 Å². The van der Waals surface area contributed by atoms with Gasteiger partial charge in [0.15, 0.2) is 0 Å². The summed E-state index contributed by atoms with van der Waals surface area (Å²) in [5.74, 6) is 0. The minimum Gasteiger partial charge on any atom is -0.445 e. The van der Waals surface area contributed by atoms with E-state index in [4.69, 9.17) is 9.72 Å². The zero-order chi connectivity index (χ0) is 27.8. The van der Waals surface area contributed by atoms with Gasteiger partial charge in [-0.25, -0.2) is 9.78 Å². The van der Waals surface area contributed by atoms with Crippen molar-refractivity contribution in [1.29, 1.82) is 0 Å². The van der Waals surface area contributed by atoms with Crippen LogP contribution in [-0.2, 0) is 32.0 Å². The van der Waals surface area contributed by atoms with Crippen molar-refractivity contribution in [3.63, 3.8) is 0 Å². The second-order valence-corrected chi connectivity index (χ2v) is 11.4. The molecule has 7 nitrogen and oxygen atoms in total. The highest BCUT2D eigenvalue weighted by Crippen LogP contribution is 2.33. The number of fused-ring (bicyclic) bond motifs is 3. The van der Waals surface area contributed by atoms with Crippen molar-refractivity contribution in [3.05, 3.63) is 110 Å². The quantitative estimate of drug-likeness (QED) is 0.219. The van der Waals surface area contributed by atoms with E-state index in [1.807, 2.05) is 86.2 Å². The molecule has 1 N–H and O–H groups in total. The number of rotatable bonds is 6. The molecule has 3 aromatic heterocycles. The van der Waals surface area contributed by atoms with E-state index in [1.54, 1.807) is 4.57 Å². The molecule has 40 heavy (non-hydrogen) atoms. The first kappa shape index (κ1) is 26.0. The molecule has 0 aliphatic heterocycles. The van der Waals surface area contributed by atoms with Crippen LogP contribution < -0.4 is 10.9 Å². The molecule has 0 saturated heterocycles. The molecular weight excluding hydrogens is 588 g/mol. The summed E-state index contributed by atoms with van der Waals surface area (Å²) < 4.78 is 10.0. The molecular formula is C31H25BrN4O3S. The van der Waals surface area contributed by atoms with Crippen LogP contribution >= 0.6 is 27.3 Å². The molecule has 0 atom stereocenters. The second kappa shape index (κ2) is 10.7. The number of pyridine rings is 1. The molecule has 0 fully saturated rings. The summed E-state index contributed by atoms with van der Waals surface area (Å²) in [6.07, 6.45) is -0.482. The topological polar surface area (TPSA) is 78.2 Å². The lowest BCUT2D eigenvalue weighted by atomic mass is 10.0. The van der Waals surface area contributed by atoms with E-state index in [0.29, 0.717) is 5.56 Å². The van der Waals surface area contributed by atoms with Gasteiger partial charge in [-0.15, -0.1) is 11.3 Å². The third-order valence-corrected chi connectivity index (χ3v) is 8.33. The smallest absolute Gasteiger partial charge is 0.407 e. The Labute approximate surface area is 242 Å². The number of thiazole rings is 1. The lowest BCUT2D eigenvalue weighted by Crippen LogP contribution is -2.23.